The number of ether oxygens (including phenoxy) is 1. The Hall–Kier alpha value is -1.46. The average Bonchev–Trinajstić information content (AvgIpc) is 2.59. The van der Waals surface area contributed by atoms with Crippen molar-refractivity contribution < 1.29 is 13.9 Å². The predicted octanol–water partition coefficient (Wildman–Crippen LogP) is 2.38. The molecule has 5 heteroatoms. The normalized spacial score (nSPS) is 17.0. The molecule has 1 aromatic carbocycles. The predicted molar refractivity (Wildman–Crippen MR) is 88.9 cm³/mol. The molecular formula is C18H27FN2O2. The molecule has 1 fully saturated rings. The fourth-order valence-electron chi connectivity index (χ4n) is 3.30. The van der Waals surface area contributed by atoms with Crippen LogP contribution in [-0.4, -0.2) is 39.3 Å². The van der Waals surface area contributed by atoms with Crippen molar-refractivity contribution in [1.82, 2.24) is 10.6 Å². The molecule has 1 aliphatic rings. The van der Waals surface area contributed by atoms with E-state index in [1.54, 1.807) is 19.2 Å². The van der Waals surface area contributed by atoms with Gasteiger partial charge in [0, 0.05) is 26.7 Å². The van der Waals surface area contributed by atoms with Crippen LogP contribution in [0.25, 0.3) is 0 Å². The Morgan fingerprint density at radius 1 is 1.13 bits per heavy atom. The number of amides is 1. The van der Waals surface area contributed by atoms with E-state index in [0.717, 1.165) is 44.2 Å². The summed E-state index contributed by atoms with van der Waals surface area (Å²) in [4.78, 5) is 12.8. The summed E-state index contributed by atoms with van der Waals surface area (Å²) in [6, 6.07) is 6.42. The maximum absolute atomic E-state index is 13.2. The number of nitrogens with one attached hydrogen (secondary N) is 2. The standard InChI is InChI=1S/C18H27FN2O2/c1-23-14-13-20-11-12-21-17(22)18(9-3-2-4-10-18)15-5-7-16(19)8-6-15/h5-8,20H,2-4,9-14H2,1H3,(H,21,22). The van der Waals surface area contributed by atoms with Crippen LogP contribution in [0.15, 0.2) is 24.3 Å². The molecule has 0 atom stereocenters. The Bertz CT molecular complexity index is 484. The summed E-state index contributed by atoms with van der Waals surface area (Å²) in [6.45, 7) is 2.74. The van der Waals surface area contributed by atoms with Gasteiger partial charge in [-0.05, 0) is 30.5 Å². The zero-order chi connectivity index (χ0) is 16.5. The van der Waals surface area contributed by atoms with Crippen LogP contribution in [0.3, 0.4) is 0 Å². The van der Waals surface area contributed by atoms with Gasteiger partial charge in [-0.1, -0.05) is 31.4 Å². The molecule has 0 aliphatic heterocycles. The van der Waals surface area contributed by atoms with Crippen LogP contribution in [-0.2, 0) is 14.9 Å². The Labute approximate surface area is 137 Å². The third kappa shape index (κ3) is 4.75. The van der Waals surface area contributed by atoms with Gasteiger partial charge in [-0.25, -0.2) is 4.39 Å². The lowest BCUT2D eigenvalue weighted by atomic mass is 9.68. The number of hydrogen-bond donors (Lipinski definition) is 2. The molecule has 1 amide bonds. The minimum atomic E-state index is -0.502. The highest BCUT2D eigenvalue weighted by molar-refractivity contribution is 5.88. The molecule has 4 nitrogen and oxygen atoms in total. The highest BCUT2D eigenvalue weighted by Gasteiger charge is 2.40. The highest BCUT2D eigenvalue weighted by atomic mass is 19.1. The minimum Gasteiger partial charge on any atom is -0.383 e. The second-order valence-corrected chi connectivity index (χ2v) is 6.15. The van der Waals surface area contributed by atoms with E-state index >= 15 is 0 Å². The van der Waals surface area contributed by atoms with Crippen molar-refractivity contribution in [2.45, 2.75) is 37.5 Å². The number of methoxy groups -OCH3 is 1. The summed E-state index contributed by atoms with van der Waals surface area (Å²) < 4.78 is 18.2. The molecule has 2 N–H and O–H groups in total. The van der Waals surface area contributed by atoms with Gasteiger partial charge in [-0.15, -0.1) is 0 Å². The fourth-order valence-corrected chi connectivity index (χ4v) is 3.30. The third-order valence-electron chi connectivity index (χ3n) is 4.61. The number of carbonyl (C=O) groups is 1. The number of carbonyl (C=O) groups excluding carboxylic acids is 1. The molecule has 1 aromatic rings. The minimum absolute atomic E-state index is 0.0670. The first-order valence-corrected chi connectivity index (χ1v) is 8.43. The molecule has 2 rings (SSSR count). The van der Waals surface area contributed by atoms with E-state index in [1.807, 2.05) is 0 Å². The van der Waals surface area contributed by atoms with Crippen molar-refractivity contribution in [3.63, 3.8) is 0 Å². The van der Waals surface area contributed by atoms with Crippen molar-refractivity contribution in [2.24, 2.45) is 0 Å². The summed E-state index contributed by atoms with van der Waals surface area (Å²) in [7, 11) is 1.67. The van der Waals surface area contributed by atoms with Crippen molar-refractivity contribution in [2.75, 3.05) is 33.4 Å². The van der Waals surface area contributed by atoms with Gasteiger partial charge >= 0.3 is 0 Å². The summed E-state index contributed by atoms with van der Waals surface area (Å²) in [5.41, 5.74) is 0.432. The van der Waals surface area contributed by atoms with E-state index in [0.29, 0.717) is 19.7 Å². The molecule has 1 saturated carbocycles. The molecular weight excluding hydrogens is 295 g/mol. The lowest BCUT2D eigenvalue weighted by molar-refractivity contribution is -0.128. The van der Waals surface area contributed by atoms with Gasteiger partial charge < -0.3 is 15.4 Å². The molecule has 0 radical (unpaired) electrons. The topological polar surface area (TPSA) is 50.4 Å². The zero-order valence-corrected chi connectivity index (χ0v) is 13.9. The van der Waals surface area contributed by atoms with Crippen LogP contribution < -0.4 is 10.6 Å². The molecule has 0 bridgehead atoms. The number of halogens is 1. The molecule has 0 aromatic heterocycles. The summed E-state index contributed by atoms with van der Waals surface area (Å²) >= 11 is 0. The first-order valence-electron chi connectivity index (χ1n) is 8.43. The van der Waals surface area contributed by atoms with E-state index in [-0.39, 0.29) is 11.7 Å². The molecule has 1 aliphatic carbocycles. The largest absolute Gasteiger partial charge is 0.383 e. The Kier molecular flexibility index (Phi) is 6.99. The molecule has 0 spiro atoms. The van der Waals surface area contributed by atoms with Crippen LogP contribution in [0, 0.1) is 5.82 Å². The molecule has 0 saturated heterocycles. The van der Waals surface area contributed by atoms with Gasteiger partial charge in [-0.3, -0.25) is 4.79 Å². The van der Waals surface area contributed by atoms with Crippen molar-refractivity contribution in [1.29, 1.82) is 0 Å². The van der Waals surface area contributed by atoms with Crippen LogP contribution in [0.2, 0.25) is 0 Å². The number of benzene rings is 1. The SMILES string of the molecule is COCCNCCNC(=O)C1(c2ccc(F)cc2)CCCCC1. The monoisotopic (exact) mass is 322 g/mol. The van der Waals surface area contributed by atoms with Gasteiger partial charge in [-0.2, -0.15) is 0 Å². The molecule has 0 heterocycles. The van der Waals surface area contributed by atoms with E-state index in [2.05, 4.69) is 10.6 Å². The Balaban J connectivity index is 1.97. The highest BCUT2D eigenvalue weighted by Crippen LogP contribution is 2.39. The van der Waals surface area contributed by atoms with Crippen molar-refractivity contribution in [3.8, 4) is 0 Å². The molecule has 23 heavy (non-hydrogen) atoms. The summed E-state index contributed by atoms with van der Waals surface area (Å²) in [6.07, 6.45) is 4.91. The maximum atomic E-state index is 13.2. The first-order chi connectivity index (χ1) is 11.2. The molecule has 128 valence electrons. The van der Waals surface area contributed by atoms with E-state index in [4.69, 9.17) is 4.74 Å². The zero-order valence-electron chi connectivity index (χ0n) is 13.9. The van der Waals surface area contributed by atoms with Crippen LogP contribution in [0.4, 0.5) is 4.39 Å². The van der Waals surface area contributed by atoms with Crippen molar-refractivity contribution >= 4 is 5.91 Å². The van der Waals surface area contributed by atoms with Crippen LogP contribution >= 0.6 is 0 Å². The first kappa shape index (κ1) is 17.9. The second kappa shape index (κ2) is 8.99. The smallest absolute Gasteiger partial charge is 0.230 e. The second-order valence-electron chi connectivity index (χ2n) is 6.15. The lowest BCUT2D eigenvalue weighted by Gasteiger charge is -2.36. The van der Waals surface area contributed by atoms with E-state index in [9.17, 15) is 9.18 Å². The maximum Gasteiger partial charge on any atom is 0.230 e. The van der Waals surface area contributed by atoms with E-state index < -0.39 is 5.41 Å². The van der Waals surface area contributed by atoms with Gasteiger partial charge in [0.25, 0.3) is 0 Å². The number of rotatable bonds is 8. The molecule has 0 unspecified atom stereocenters. The quantitative estimate of drug-likeness (QED) is 0.723. The summed E-state index contributed by atoms with van der Waals surface area (Å²) in [5.74, 6) is -0.195. The fraction of sp³-hybridized carbons (Fsp3) is 0.611. The van der Waals surface area contributed by atoms with Gasteiger partial charge in [0.2, 0.25) is 5.91 Å². The third-order valence-corrected chi connectivity index (χ3v) is 4.61. The van der Waals surface area contributed by atoms with Crippen molar-refractivity contribution in [3.05, 3.63) is 35.6 Å². The average molecular weight is 322 g/mol. The van der Waals surface area contributed by atoms with Gasteiger partial charge in [0.05, 0.1) is 12.0 Å². The number of hydrogen-bond acceptors (Lipinski definition) is 3. The summed E-state index contributed by atoms with van der Waals surface area (Å²) in [5, 5.41) is 6.26. The van der Waals surface area contributed by atoms with Crippen LogP contribution in [0.5, 0.6) is 0 Å². The lowest BCUT2D eigenvalue weighted by Crippen LogP contribution is -2.47. The Morgan fingerprint density at radius 3 is 2.48 bits per heavy atom. The van der Waals surface area contributed by atoms with Crippen LogP contribution in [0.1, 0.15) is 37.7 Å². The van der Waals surface area contributed by atoms with Gasteiger partial charge in [0.15, 0.2) is 0 Å². The van der Waals surface area contributed by atoms with Gasteiger partial charge in [0.1, 0.15) is 5.82 Å². The van der Waals surface area contributed by atoms with E-state index in [1.165, 1.54) is 12.1 Å². The Morgan fingerprint density at radius 2 is 1.83 bits per heavy atom.